The van der Waals surface area contributed by atoms with Gasteiger partial charge in [0.05, 0.1) is 17.9 Å². The van der Waals surface area contributed by atoms with Crippen molar-refractivity contribution in [2.45, 2.75) is 37.5 Å². The number of benzene rings is 3. The van der Waals surface area contributed by atoms with Crippen LogP contribution in [0.15, 0.2) is 89.5 Å². The third-order valence-corrected chi connectivity index (χ3v) is 9.49. The van der Waals surface area contributed by atoms with Gasteiger partial charge >= 0.3 is 5.97 Å². The molecular weight excluding hydrogens is 642 g/mol. The maximum absolute atomic E-state index is 13.4. The summed E-state index contributed by atoms with van der Waals surface area (Å²) in [5.41, 5.74) is 3.03. The standard InChI is InChI=1S/C35H32ClN3O5S2/c1-2-44-35(43)31-27-16-6-7-17-29(27)46-34(31)39-30(40)21-45-26-15-9-14-25(20-26)37-33(42)28(19-22-10-8-13-24(36)18-22)38-32(41)23-11-4-3-5-12-23/h3-5,8-15,18-20H,2,6-7,16-17,21H2,1H3,(H,37,42)(H,38,41)(H,39,40)/b28-19-. The minimum Gasteiger partial charge on any atom is -0.462 e. The second-order valence-electron chi connectivity index (χ2n) is 10.4. The summed E-state index contributed by atoms with van der Waals surface area (Å²) in [4.78, 5) is 54.0. The number of ether oxygens (including phenoxy) is 1. The molecule has 0 saturated heterocycles. The van der Waals surface area contributed by atoms with E-state index in [1.807, 2.05) is 6.07 Å². The summed E-state index contributed by atoms with van der Waals surface area (Å²) in [7, 11) is 0. The molecule has 3 amide bonds. The van der Waals surface area contributed by atoms with Gasteiger partial charge in [-0.05, 0) is 92.3 Å². The van der Waals surface area contributed by atoms with Crippen LogP contribution >= 0.6 is 34.7 Å². The van der Waals surface area contributed by atoms with E-state index in [2.05, 4.69) is 16.0 Å². The van der Waals surface area contributed by atoms with Gasteiger partial charge in [-0.2, -0.15) is 0 Å². The maximum Gasteiger partial charge on any atom is 0.341 e. The highest BCUT2D eigenvalue weighted by Gasteiger charge is 2.27. The molecule has 0 bridgehead atoms. The van der Waals surface area contributed by atoms with Crippen LogP contribution in [-0.4, -0.2) is 36.1 Å². The fourth-order valence-corrected chi connectivity index (χ4v) is 7.20. The first-order valence-corrected chi connectivity index (χ1v) is 17.0. The normalized spacial score (nSPS) is 12.5. The van der Waals surface area contributed by atoms with E-state index in [1.165, 1.54) is 23.1 Å². The number of thioether (sulfide) groups is 1. The van der Waals surface area contributed by atoms with Crippen molar-refractivity contribution in [3.05, 3.63) is 117 Å². The minimum atomic E-state index is -0.530. The molecule has 0 fully saturated rings. The lowest BCUT2D eigenvalue weighted by atomic mass is 9.95. The first kappa shape index (κ1) is 33.0. The molecule has 0 unspecified atom stereocenters. The summed E-state index contributed by atoms with van der Waals surface area (Å²) >= 11 is 8.89. The highest BCUT2D eigenvalue weighted by Crippen LogP contribution is 2.38. The van der Waals surface area contributed by atoms with Crippen LogP contribution in [0.25, 0.3) is 6.08 Å². The Bertz CT molecular complexity index is 1790. The van der Waals surface area contributed by atoms with Gasteiger partial charge in [-0.15, -0.1) is 23.1 Å². The Balaban J connectivity index is 1.26. The number of thiophene rings is 1. The second-order valence-corrected chi connectivity index (χ2v) is 13.0. The van der Waals surface area contributed by atoms with Crippen LogP contribution in [-0.2, 0) is 27.2 Å². The number of fused-ring (bicyclic) bond motifs is 1. The minimum absolute atomic E-state index is 0.0320. The fourth-order valence-electron chi connectivity index (χ4n) is 4.95. The van der Waals surface area contributed by atoms with Gasteiger partial charge in [0.25, 0.3) is 11.8 Å². The van der Waals surface area contributed by atoms with Gasteiger partial charge in [-0.1, -0.05) is 48.0 Å². The molecule has 1 aromatic heterocycles. The summed E-state index contributed by atoms with van der Waals surface area (Å²) in [5, 5.41) is 9.51. The van der Waals surface area contributed by atoms with Crippen molar-refractivity contribution >= 4 is 75.2 Å². The predicted molar refractivity (Wildman–Crippen MR) is 185 cm³/mol. The Morgan fingerprint density at radius 2 is 1.72 bits per heavy atom. The molecule has 0 radical (unpaired) electrons. The summed E-state index contributed by atoms with van der Waals surface area (Å²) in [6.45, 7) is 2.02. The smallest absolute Gasteiger partial charge is 0.341 e. The second kappa shape index (κ2) is 15.8. The number of carbonyl (C=O) groups excluding carboxylic acids is 4. The van der Waals surface area contributed by atoms with Gasteiger partial charge in [-0.25, -0.2) is 4.79 Å². The summed E-state index contributed by atoms with van der Waals surface area (Å²) in [5.74, 6) is -1.53. The monoisotopic (exact) mass is 673 g/mol. The molecule has 236 valence electrons. The number of aryl methyl sites for hydroxylation is 1. The van der Waals surface area contributed by atoms with E-state index >= 15 is 0 Å². The van der Waals surface area contributed by atoms with Crippen LogP contribution in [0.1, 0.15) is 56.5 Å². The maximum atomic E-state index is 13.4. The van der Waals surface area contributed by atoms with Crippen LogP contribution in [0.4, 0.5) is 10.7 Å². The zero-order valence-electron chi connectivity index (χ0n) is 25.1. The molecule has 1 aliphatic rings. The average molecular weight is 674 g/mol. The molecule has 4 aromatic rings. The number of halogens is 1. The topological polar surface area (TPSA) is 114 Å². The lowest BCUT2D eigenvalue weighted by Crippen LogP contribution is -2.30. The van der Waals surface area contributed by atoms with Crippen molar-refractivity contribution in [3.63, 3.8) is 0 Å². The number of nitrogens with one attached hydrogen (secondary N) is 3. The SMILES string of the molecule is CCOC(=O)c1c(NC(=O)CSc2cccc(NC(=O)/C(=C/c3cccc(Cl)c3)NC(=O)c3ccccc3)c2)sc2c1CCCC2. The van der Waals surface area contributed by atoms with Gasteiger partial charge in [0.2, 0.25) is 5.91 Å². The molecule has 0 spiro atoms. The predicted octanol–water partition coefficient (Wildman–Crippen LogP) is 7.60. The number of anilines is 2. The van der Waals surface area contributed by atoms with Crippen LogP contribution < -0.4 is 16.0 Å². The van der Waals surface area contributed by atoms with Gasteiger partial charge < -0.3 is 20.7 Å². The van der Waals surface area contributed by atoms with E-state index in [-0.39, 0.29) is 24.0 Å². The third kappa shape index (κ3) is 8.66. The van der Waals surface area contributed by atoms with E-state index < -0.39 is 17.8 Å². The first-order valence-electron chi connectivity index (χ1n) is 14.8. The van der Waals surface area contributed by atoms with Crippen LogP contribution in [0, 0.1) is 0 Å². The number of carbonyl (C=O) groups is 4. The van der Waals surface area contributed by atoms with Crippen molar-refractivity contribution in [2.24, 2.45) is 0 Å². The van der Waals surface area contributed by atoms with Gasteiger partial charge in [0, 0.05) is 26.0 Å². The van der Waals surface area contributed by atoms with E-state index in [0.717, 1.165) is 41.0 Å². The molecule has 0 aliphatic heterocycles. The Labute approximate surface area is 280 Å². The summed E-state index contributed by atoms with van der Waals surface area (Å²) < 4.78 is 5.29. The average Bonchev–Trinajstić information content (AvgIpc) is 3.42. The van der Waals surface area contributed by atoms with E-state index in [1.54, 1.807) is 85.8 Å². The number of hydrogen-bond donors (Lipinski definition) is 3. The largest absolute Gasteiger partial charge is 0.462 e. The lowest BCUT2D eigenvalue weighted by Gasteiger charge is -2.13. The molecule has 3 aromatic carbocycles. The van der Waals surface area contributed by atoms with Crippen molar-refractivity contribution in [3.8, 4) is 0 Å². The van der Waals surface area contributed by atoms with Crippen molar-refractivity contribution in [1.82, 2.24) is 5.32 Å². The summed E-state index contributed by atoms with van der Waals surface area (Å²) in [6, 6.07) is 22.6. The quantitative estimate of drug-likeness (QED) is 0.0859. The third-order valence-electron chi connectivity index (χ3n) is 7.05. The fraction of sp³-hybridized carbons (Fsp3) is 0.200. The molecule has 5 rings (SSSR count). The Morgan fingerprint density at radius 1 is 0.935 bits per heavy atom. The molecule has 46 heavy (non-hydrogen) atoms. The highest BCUT2D eigenvalue weighted by atomic mass is 35.5. The number of esters is 1. The van der Waals surface area contributed by atoms with E-state index in [4.69, 9.17) is 16.3 Å². The molecule has 1 heterocycles. The number of rotatable bonds is 11. The van der Waals surface area contributed by atoms with Crippen molar-refractivity contribution in [2.75, 3.05) is 23.0 Å². The Morgan fingerprint density at radius 3 is 2.50 bits per heavy atom. The van der Waals surface area contributed by atoms with E-state index in [9.17, 15) is 19.2 Å². The Hall–Kier alpha value is -4.38. The van der Waals surface area contributed by atoms with Crippen molar-refractivity contribution < 1.29 is 23.9 Å². The number of amides is 3. The van der Waals surface area contributed by atoms with Gasteiger partial charge in [0.1, 0.15) is 10.7 Å². The zero-order chi connectivity index (χ0) is 32.5. The molecule has 0 saturated carbocycles. The van der Waals surface area contributed by atoms with E-state index in [0.29, 0.717) is 32.4 Å². The summed E-state index contributed by atoms with van der Waals surface area (Å²) in [6.07, 6.45) is 5.31. The zero-order valence-corrected chi connectivity index (χ0v) is 27.5. The molecule has 1 aliphatic carbocycles. The molecule has 11 heteroatoms. The molecule has 8 nitrogen and oxygen atoms in total. The molecular formula is C35H32ClN3O5S2. The van der Waals surface area contributed by atoms with Crippen molar-refractivity contribution in [1.29, 1.82) is 0 Å². The lowest BCUT2D eigenvalue weighted by molar-refractivity contribution is -0.114. The Kier molecular flexibility index (Phi) is 11.3. The molecule has 0 atom stereocenters. The number of hydrogen-bond acceptors (Lipinski definition) is 7. The first-order chi connectivity index (χ1) is 22.3. The van der Waals surface area contributed by atoms with Crippen LogP contribution in [0.2, 0.25) is 5.02 Å². The van der Waals surface area contributed by atoms with Crippen LogP contribution in [0.3, 0.4) is 0 Å². The highest BCUT2D eigenvalue weighted by molar-refractivity contribution is 8.00. The van der Waals surface area contributed by atoms with Gasteiger partial charge in [0.15, 0.2) is 0 Å². The molecule has 3 N–H and O–H groups in total. The van der Waals surface area contributed by atoms with Crippen LogP contribution in [0.5, 0.6) is 0 Å². The van der Waals surface area contributed by atoms with Gasteiger partial charge in [-0.3, -0.25) is 14.4 Å².